The first kappa shape index (κ1) is 8.60. The number of methoxy groups -OCH3 is 1. The predicted molar refractivity (Wildman–Crippen MR) is 50.2 cm³/mol. The summed E-state index contributed by atoms with van der Waals surface area (Å²) in [5, 5.41) is 0.888. The monoisotopic (exact) mass is 213 g/mol. The summed E-state index contributed by atoms with van der Waals surface area (Å²) in [6.45, 7) is 0. The van der Waals surface area contributed by atoms with Gasteiger partial charge < -0.3 is 4.74 Å². The maximum Gasteiger partial charge on any atom is 0.118 e. The molecule has 0 saturated heterocycles. The van der Waals surface area contributed by atoms with Crippen molar-refractivity contribution in [3.8, 4) is 5.75 Å². The Hall–Kier alpha value is -0.500. The third-order valence-electron chi connectivity index (χ3n) is 1.43. The SMILES string of the molecule is COc1ccc([CH]CBr)cc1. The Kier molecular flexibility index (Phi) is 3.43. The summed E-state index contributed by atoms with van der Waals surface area (Å²) < 4.78 is 5.02. The average Bonchev–Trinajstić information content (AvgIpc) is 2.07. The van der Waals surface area contributed by atoms with E-state index in [2.05, 4.69) is 22.4 Å². The highest BCUT2D eigenvalue weighted by Crippen LogP contribution is 2.12. The van der Waals surface area contributed by atoms with Crippen molar-refractivity contribution in [3.63, 3.8) is 0 Å². The summed E-state index contributed by atoms with van der Waals surface area (Å²) in [5.74, 6) is 0.900. The van der Waals surface area contributed by atoms with E-state index in [1.165, 1.54) is 5.56 Å². The van der Waals surface area contributed by atoms with E-state index in [0.717, 1.165) is 11.1 Å². The first-order valence-electron chi connectivity index (χ1n) is 3.40. The van der Waals surface area contributed by atoms with Crippen LogP contribution in [-0.4, -0.2) is 12.4 Å². The Morgan fingerprint density at radius 1 is 1.36 bits per heavy atom. The van der Waals surface area contributed by atoms with Crippen LogP contribution in [0.2, 0.25) is 0 Å². The minimum Gasteiger partial charge on any atom is -0.497 e. The molecule has 0 atom stereocenters. The quantitative estimate of drug-likeness (QED) is 0.702. The molecule has 0 heterocycles. The molecule has 59 valence electrons. The van der Waals surface area contributed by atoms with Gasteiger partial charge in [0.25, 0.3) is 0 Å². The van der Waals surface area contributed by atoms with Gasteiger partial charge in [0, 0.05) is 11.8 Å². The first-order valence-corrected chi connectivity index (χ1v) is 4.52. The van der Waals surface area contributed by atoms with Crippen LogP contribution in [0.3, 0.4) is 0 Å². The van der Waals surface area contributed by atoms with E-state index < -0.39 is 0 Å². The highest BCUT2D eigenvalue weighted by molar-refractivity contribution is 9.09. The minimum absolute atomic E-state index is 0.888. The summed E-state index contributed by atoms with van der Waals surface area (Å²) in [5.41, 5.74) is 1.21. The molecular weight excluding hydrogens is 204 g/mol. The second kappa shape index (κ2) is 4.39. The Balaban J connectivity index is 2.66. The van der Waals surface area contributed by atoms with Gasteiger partial charge in [0.15, 0.2) is 0 Å². The molecule has 1 nitrogen and oxygen atoms in total. The Morgan fingerprint density at radius 2 is 2.00 bits per heavy atom. The summed E-state index contributed by atoms with van der Waals surface area (Å²) >= 11 is 3.33. The highest BCUT2D eigenvalue weighted by atomic mass is 79.9. The van der Waals surface area contributed by atoms with Crippen LogP contribution >= 0.6 is 15.9 Å². The van der Waals surface area contributed by atoms with Gasteiger partial charge in [0.05, 0.1) is 7.11 Å². The molecule has 2 heteroatoms. The number of rotatable bonds is 3. The number of hydrogen-bond donors (Lipinski definition) is 0. The number of benzene rings is 1. The fourth-order valence-electron chi connectivity index (χ4n) is 0.829. The lowest BCUT2D eigenvalue weighted by molar-refractivity contribution is 0.414. The molecule has 0 aromatic heterocycles. The van der Waals surface area contributed by atoms with Crippen LogP contribution in [0.4, 0.5) is 0 Å². The predicted octanol–water partition coefficient (Wildman–Crippen LogP) is 2.64. The molecule has 11 heavy (non-hydrogen) atoms. The summed E-state index contributed by atoms with van der Waals surface area (Å²) in [6, 6.07) is 7.96. The molecule has 0 amide bonds. The van der Waals surface area contributed by atoms with Crippen LogP contribution < -0.4 is 4.74 Å². The molecule has 0 spiro atoms. The number of ether oxygens (including phenoxy) is 1. The Morgan fingerprint density at radius 3 is 2.45 bits per heavy atom. The molecule has 0 aliphatic carbocycles. The Labute approximate surface area is 75.5 Å². The molecule has 1 aromatic rings. The van der Waals surface area contributed by atoms with Gasteiger partial charge in [-0.25, -0.2) is 0 Å². The fourth-order valence-corrected chi connectivity index (χ4v) is 1.20. The van der Waals surface area contributed by atoms with Gasteiger partial charge in [-0.05, 0) is 17.7 Å². The maximum atomic E-state index is 5.02. The standard InChI is InChI=1S/C9H10BrO/c1-11-9-4-2-8(3-5-9)6-7-10/h2-6H,7H2,1H3. The lowest BCUT2D eigenvalue weighted by atomic mass is 10.2. The highest BCUT2D eigenvalue weighted by Gasteiger charge is 1.92. The second-order valence-electron chi connectivity index (χ2n) is 2.13. The third kappa shape index (κ3) is 2.54. The number of halogens is 1. The lowest BCUT2D eigenvalue weighted by Gasteiger charge is -2.00. The molecular formula is C9H10BrO. The van der Waals surface area contributed by atoms with Crippen LogP contribution in [0.15, 0.2) is 24.3 Å². The van der Waals surface area contributed by atoms with Gasteiger partial charge in [0.2, 0.25) is 0 Å². The van der Waals surface area contributed by atoms with Crippen molar-refractivity contribution in [2.75, 3.05) is 12.4 Å². The topological polar surface area (TPSA) is 9.23 Å². The van der Waals surface area contributed by atoms with E-state index in [9.17, 15) is 0 Å². The van der Waals surface area contributed by atoms with Gasteiger partial charge in [-0.1, -0.05) is 28.1 Å². The second-order valence-corrected chi connectivity index (χ2v) is 2.78. The molecule has 0 fully saturated rings. The van der Waals surface area contributed by atoms with Crippen molar-refractivity contribution >= 4 is 15.9 Å². The van der Waals surface area contributed by atoms with Crippen LogP contribution in [0.25, 0.3) is 0 Å². The van der Waals surface area contributed by atoms with E-state index in [1.54, 1.807) is 7.11 Å². The minimum atomic E-state index is 0.888. The fraction of sp³-hybridized carbons (Fsp3) is 0.222. The summed E-state index contributed by atoms with van der Waals surface area (Å²) in [4.78, 5) is 0. The molecule has 1 radical (unpaired) electrons. The zero-order chi connectivity index (χ0) is 8.10. The number of alkyl halides is 1. The maximum absolute atomic E-state index is 5.02. The van der Waals surface area contributed by atoms with E-state index in [0.29, 0.717) is 0 Å². The zero-order valence-corrected chi connectivity index (χ0v) is 7.97. The summed E-state index contributed by atoms with van der Waals surface area (Å²) in [7, 11) is 1.67. The first-order chi connectivity index (χ1) is 5.36. The van der Waals surface area contributed by atoms with Crippen molar-refractivity contribution in [3.05, 3.63) is 36.2 Å². The molecule has 0 aliphatic rings. The van der Waals surface area contributed by atoms with Crippen molar-refractivity contribution in [2.24, 2.45) is 0 Å². The van der Waals surface area contributed by atoms with Crippen molar-refractivity contribution < 1.29 is 4.74 Å². The lowest BCUT2D eigenvalue weighted by Crippen LogP contribution is -1.84. The van der Waals surface area contributed by atoms with E-state index >= 15 is 0 Å². The van der Waals surface area contributed by atoms with E-state index in [-0.39, 0.29) is 0 Å². The molecule has 0 bridgehead atoms. The largest absolute Gasteiger partial charge is 0.497 e. The van der Waals surface area contributed by atoms with Gasteiger partial charge in [-0.15, -0.1) is 0 Å². The van der Waals surface area contributed by atoms with Gasteiger partial charge in [0.1, 0.15) is 5.75 Å². The number of hydrogen-bond acceptors (Lipinski definition) is 1. The molecule has 0 N–H and O–H groups in total. The normalized spacial score (nSPS) is 9.64. The zero-order valence-electron chi connectivity index (χ0n) is 6.38. The van der Waals surface area contributed by atoms with E-state index in [1.807, 2.05) is 24.3 Å². The molecule has 1 aromatic carbocycles. The van der Waals surface area contributed by atoms with Gasteiger partial charge >= 0.3 is 0 Å². The molecule has 0 saturated carbocycles. The molecule has 0 unspecified atom stereocenters. The van der Waals surface area contributed by atoms with Crippen LogP contribution in [0, 0.1) is 6.42 Å². The molecule has 1 rings (SSSR count). The summed E-state index contributed by atoms with van der Waals surface area (Å²) in [6.07, 6.45) is 2.10. The van der Waals surface area contributed by atoms with E-state index in [4.69, 9.17) is 4.74 Å². The smallest absolute Gasteiger partial charge is 0.118 e. The van der Waals surface area contributed by atoms with Crippen molar-refractivity contribution in [1.29, 1.82) is 0 Å². The van der Waals surface area contributed by atoms with Crippen LogP contribution in [0.1, 0.15) is 5.56 Å². The van der Waals surface area contributed by atoms with Gasteiger partial charge in [-0.3, -0.25) is 0 Å². The molecule has 0 aliphatic heterocycles. The Bertz CT molecular complexity index is 205. The average molecular weight is 214 g/mol. The van der Waals surface area contributed by atoms with Crippen molar-refractivity contribution in [1.82, 2.24) is 0 Å². The van der Waals surface area contributed by atoms with Crippen LogP contribution in [-0.2, 0) is 0 Å². The van der Waals surface area contributed by atoms with Crippen LogP contribution in [0.5, 0.6) is 5.75 Å². The van der Waals surface area contributed by atoms with Gasteiger partial charge in [-0.2, -0.15) is 0 Å². The van der Waals surface area contributed by atoms with Crippen molar-refractivity contribution in [2.45, 2.75) is 0 Å². The third-order valence-corrected chi connectivity index (χ3v) is 1.75.